The molecule has 0 aliphatic carbocycles. The van der Waals surface area contributed by atoms with E-state index in [1.54, 1.807) is 36.9 Å². The second kappa shape index (κ2) is 14.7. The minimum atomic E-state index is -0.986. The summed E-state index contributed by atoms with van der Waals surface area (Å²) < 4.78 is 16.2. The van der Waals surface area contributed by atoms with Crippen LogP contribution < -0.4 is 4.74 Å². The van der Waals surface area contributed by atoms with Crippen LogP contribution in [-0.4, -0.2) is 61.1 Å². The Morgan fingerprint density at radius 2 is 1.65 bits per heavy atom. The highest BCUT2D eigenvalue weighted by molar-refractivity contribution is 6.34. The van der Waals surface area contributed by atoms with Gasteiger partial charge in [-0.15, -0.1) is 0 Å². The summed E-state index contributed by atoms with van der Waals surface area (Å²) >= 11 is 12.1. The Balaban J connectivity index is 1.86. The number of hydrogen-bond donors (Lipinski definition) is 1. The molecule has 2 rings (SSSR count). The number of nitrogens with zero attached hydrogens (tertiary/aromatic N) is 1. The molecule has 0 radical (unpaired) electrons. The standard InChI is InChI=1S/C25H31Cl2NO6/c1-3-32-23(24(29)30)16-18-7-9-22(10-8-18)34-13-12-28(25(31)33-4-2)11-5-6-19-14-20(26)17-21(27)15-19/h7-10,14-15,17,23H,3-6,11-13,16H2,1-2H3,(H,29,30). The van der Waals surface area contributed by atoms with Gasteiger partial charge >= 0.3 is 12.1 Å². The first-order chi connectivity index (χ1) is 16.3. The Hall–Kier alpha value is -2.48. The molecule has 9 heteroatoms. The summed E-state index contributed by atoms with van der Waals surface area (Å²) in [6, 6.07) is 12.6. The first-order valence-electron chi connectivity index (χ1n) is 11.2. The fourth-order valence-electron chi connectivity index (χ4n) is 3.37. The molecule has 7 nitrogen and oxygen atoms in total. The minimum absolute atomic E-state index is 0.276. The van der Waals surface area contributed by atoms with Crippen molar-refractivity contribution >= 4 is 35.3 Å². The SMILES string of the molecule is CCOC(=O)N(CCCc1cc(Cl)cc(Cl)c1)CCOc1ccc(CC(OCC)C(=O)O)cc1. The lowest BCUT2D eigenvalue weighted by Gasteiger charge is -2.22. The number of carboxylic acids is 1. The lowest BCUT2D eigenvalue weighted by atomic mass is 10.1. The summed E-state index contributed by atoms with van der Waals surface area (Å²) in [5.41, 5.74) is 1.84. The van der Waals surface area contributed by atoms with Crippen molar-refractivity contribution in [3.63, 3.8) is 0 Å². The second-order valence-corrected chi connectivity index (χ2v) is 8.42. The quantitative estimate of drug-likeness (QED) is 0.360. The van der Waals surface area contributed by atoms with Crippen molar-refractivity contribution in [1.82, 2.24) is 4.90 Å². The fraction of sp³-hybridized carbons (Fsp3) is 0.440. The van der Waals surface area contributed by atoms with Gasteiger partial charge in [0.1, 0.15) is 12.4 Å². The van der Waals surface area contributed by atoms with Crippen LogP contribution in [0.2, 0.25) is 10.0 Å². The van der Waals surface area contributed by atoms with E-state index in [4.69, 9.17) is 37.4 Å². The predicted octanol–water partition coefficient (Wildman–Crippen LogP) is 5.50. The van der Waals surface area contributed by atoms with E-state index < -0.39 is 12.1 Å². The second-order valence-electron chi connectivity index (χ2n) is 7.55. The van der Waals surface area contributed by atoms with Crippen molar-refractivity contribution in [2.75, 3.05) is 32.9 Å². The molecule has 0 saturated carbocycles. The van der Waals surface area contributed by atoms with Gasteiger partial charge in [0.25, 0.3) is 0 Å². The number of hydrogen-bond acceptors (Lipinski definition) is 5. The van der Waals surface area contributed by atoms with Gasteiger partial charge in [0.05, 0.1) is 13.2 Å². The monoisotopic (exact) mass is 511 g/mol. The van der Waals surface area contributed by atoms with E-state index in [1.807, 2.05) is 24.3 Å². The van der Waals surface area contributed by atoms with Crippen LogP contribution in [0.25, 0.3) is 0 Å². The first kappa shape index (κ1) is 27.8. The summed E-state index contributed by atoms with van der Waals surface area (Å²) in [6.45, 7) is 5.31. The molecule has 1 amide bonds. The molecule has 0 spiro atoms. The van der Waals surface area contributed by atoms with Crippen LogP contribution in [-0.2, 0) is 27.1 Å². The van der Waals surface area contributed by atoms with Crippen LogP contribution in [0.3, 0.4) is 0 Å². The van der Waals surface area contributed by atoms with Crippen molar-refractivity contribution in [3.8, 4) is 5.75 Å². The highest BCUT2D eigenvalue weighted by atomic mass is 35.5. The van der Waals surface area contributed by atoms with Crippen LogP contribution in [0.15, 0.2) is 42.5 Å². The van der Waals surface area contributed by atoms with Gasteiger partial charge in [-0.1, -0.05) is 35.3 Å². The Kier molecular flexibility index (Phi) is 12.0. The molecule has 0 aromatic heterocycles. The lowest BCUT2D eigenvalue weighted by Crippen LogP contribution is -2.36. The van der Waals surface area contributed by atoms with Gasteiger partial charge in [0.15, 0.2) is 6.10 Å². The zero-order chi connectivity index (χ0) is 24.9. The molecule has 2 aromatic carbocycles. The molecule has 0 heterocycles. The smallest absolute Gasteiger partial charge is 0.409 e. The molecular weight excluding hydrogens is 481 g/mol. The van der Waals surface area contributed by atoms with E-state index in [2.05, 4.69) is 0 Å². The average molecular weight is 512 g/mol. The number of rotatable bonds is 14. The first-order valence-corrected chi connectivity index (χ1v) is 12.0. The third-order valence-electron chi connectivity index (χ3n) is 4.96. The van der Waals surface area contributed by atoms with E-state index >= 15 is 0 Å². The van der Waals surface area contributed by atoms with E-state index in [-0.39, 0.29) is 19.1 Å². The molecular formula is C25H31Cl2NO6. The maximum Gasteiger partial charge on any atom is 0.409 e. The van der Waals surface area contributed by atoms with Crippen molar-refractivity contribution in [2.45, 2.75) is 39.2 Å². The molecule has 34 heavy (non-hydrogen) atoms. The van der Waals surface area contributed by atoms with E-state index in [1.165, 1.54) is 0 Å². The van der Waals surface area contributed by atoms with Gasteiger partial charge in [-0.05, 0) is 68.1 Å². The Bertz CT molecular complexity index is 902. The number of aryl methyl sites for hydroxylation is 1. The molecule has 1 atom stereocenters. The highest BCUT2D eigenvalue weighted by Crippen LogP contribution is 2.20. The summed E-state index contributed by atoms with van der Waals surface area (Å²) in [6.07, 6.45) is 0.448. The van der Waals surface area contributed by atoms with Crippen molar-refractivity contribution in [1.29, 1.82) is 0 Å². The van der Waals surface area contributed by atoms with Gasteiger partial charge < -0.3 is 24.2 Å². The molecule has 0 fully saturated rings. The maximum absolute atomic E-state index is 12.3. The van der Waals surface area contributed by atoms with E-state index in [9.17, 15) is 14.7 Å². The zero-order valence-corrected chi connectivity index (χ0v) is 21.0. The largest absolute Gasteiger partial charge is 0.492 e. The Morgan fingerprint density at radius 3 is 2.24 bits per heavy atom. The van der Waals surface area contributed by atoms with Crippen LogP contribution in [0.1, 0.15) is 31.4 Å². The number of aliphatic carboxylic acids is 1. The molecule has 1 unspecified atom stereocenters. The summed E-state index contributed by atoms with van der Waals surface area (Å²) in [5, 5.41) is 10.4. The third-order valence-corrected chi connectivity index (χ3v) is 5.40. The minimum Gasteiger partial charge on any atom is -0.492 e. The van der Waals surface area contributed by atoms with Crippen LogP contribution in [0.5, 0.6) is 5.75 Å². The third kappa shape index (κ3) is 9.79. The number of carbonyl (C=O) groups is 2. The predicted molar refractivity (Wildman–Crippen MR) is 132 cm³/mol. The zero-order valence-electron chi connectivity index (χ0n) is 19.5. The number of halogens is 2. The van der Waals surface area contributed by atoms with Gasteiger partial charge in [-0.2, -0.15) is 0 Å². The number of carboxylic acid groups (broad SMARTS) is 1. The lowest BCUT2D eigenvalue weighted by molar-refractivity contribution is -0.149. The molecule has 0 saturated heterocycles. The fourth-order valence-corrected chi connectivity index (χ4v) is 3.94. The van der Waals surface area contributed by atoms with Crippen LogP contribution >= 0.6 is 23.2 Å². The summed E-state index contributed by atoms with van der Waals surface area (Å²) in [5.74, 6) is -0.357. The molecule has 0 bridgehead atoms. The van der Waals surface area contributed by atoms with E-state index in [0.717, 1.165) is 24.0 Å². The normalized spacial score (nSPS) is 11.6. The Morgan fingerprint density at radius 1 is 0.971 bits per heavy atom. The molecule has 186 valence electrons. The highest BCUT2D eigenvalue weighted by Gasteiger charge is 2.18. The molecule has 1 N–H and O–H groups in total. The number of ether oxygens (including phenoxy) is 3. The molecule has 2 aromatic rings. The number of amides is 1. The van der Waals surface area contributed by atoms with Crippen LogP contribution in [0.4, 0.5) is 4.79 Å². The topological polar surface area (TPSA) is 85.3 Å². The summed E-state index contributed by atoms with van der Waals surface area (Å²) in [4.78, 5) is 25.2. The maximum atomic E-state index is 12.3. The van der Waals surface area contributed by atoms with Gasteiger partial charge in [0.2, 0.25) is 0 Å². The van der Waals surface area contributed by atoms with E-state index in [0.29, 0.717) is 42.1 Å². The Labute approximate surface area is 210 Å². The average Bonchev–Trinajstić information content (AvgIpc) is 2.78. The number of carbonyl (C=O) groups excluding carboxylic acids is 1. The van der Waals surface area contributed by atoms with Crippen molar-refractivity contribution in [2.24, 2.45) is 0 Å². The number of benzene rings is 2. The molecule has 0 aliphatic rings. The summed E-state index contributed by atoms with van der Waals surface area (Å²) in [7, 11) is 0. The molecule has 0 aliphatic heterocycles. The van der Waals surface area contributed by atoms with Gasteiger partial charge in [0, 0.05) is 29.6 Å². The van der Waals surface area contributed by atoms with Gasteiger partial charge in [-0.25, -0.2) is 9.59 Å². The van der Waals surface area contributed by atoms with Crippen LogP contribution in [0, 0.1) is 0 Å². The van der Waals surface area contributed by atoms with Gasteiger partial charge in [-0.3, -0.25) is 0 Å². The van der Waals surface area contributed by atoms with Crippen molar-refractivity contribution < 1.29 is 28.9 Å². The van der Waals surface area contributed by atoms with Crippen molar-refractivity contribution in [3.05, 3.63) is 63.6 Å².